The molecule has 0 bridgehead atoms. The third-order valence-corrected chi connectivity index (χ3v) is 2.82. The van der Waals surface area contributed by atoms with Crippen LogP contribution >= 0.6 is 0 Å². The standard InChI is InChI=1S/C11H15N7O2/c1-7-9(18(19)20)10(16-11(12-2)15-7)13-6-8-4-5-14-17(8)3/h4-5H,6H2,1-3H3,(H2,12,13,15,16). The van der Waals surface area contributed by atoms with E-state index in [1.54, 1.807) is 31.9 Å². The number of anilines is 2. The summed E-state index contributed by atoms with van der Waals surface area (Å²) in [6, 6.07) is 1.83. The Bertz CT molecular complexity index is 638. The Balaban J connectivity index is 2.31. The molecule has 2 rings (SSSR count). The van der Waals surface area contributed by atoms with Crippen molar-refractivity contribution in [1.29, 1.82) is 0 Å². The predicted molar refractivity (Wildman–Crippen MR) is 73.5 cm³/mol. The molecule has 0 unspecified atom stereocenters. The van der Waals surface area contributed by atoms with Gasteiger partial charge in [-0.15, -0.1) is 0 Å². The largest absolute Gasteiger partial charge is 0.359 e. The van der Waals surface area contributed by atoms with E-state index in [9.17, 15) is 10.1 Å². The number of nitrogens with zero attached hydrogens (tertiary/aromatic N) is 5. The summed E-state index contributed by atoms with van der Waals surface area (Å²) < 4.78 is 1.69. The molecule has 0 aliphatic heterocycles. The van der Waals surface area contributed by atoms with Crippen LogP contribution in [0.25, 0.3) is 0 Å². The average Bonchev–Trinajstić information content (AvgIpc) is 2.80. The highest BCUT2D eigenvalue weighted by molar-refractivity contribution is 5.60. The number of hydrogen-bond donors (Lipinski definition) is 2. The summed E-state index contributed by atoms with van der Waals surface area (Å²) in [7, 11) is 3.46. The fourth-order valence-electron chi connectivity index (χ4n) is 1.77. The molecule has 2 heterocycles. The molecule has 2 aromatic heterocycles. The lowest BCUT2D eigenvalue weighted by atomic mass is 10.3. The van der Waals surface area contributed by atoms with E-state index in [0.29, 0.717) is 18.2 Å². The molecule has 0 saturated heterocycles. The molecule has 0 fully saturated rings. The van der Waals surface area contributed by atoms with Gasteiger partial charge in [-0.05, 0) is 13.0 Å². The highest BCUT2D eigenvalue weighted by Gasteiger charge is 2.21. The van der Waals surface area contributed by atoms with Crippen LogP contribution in [0.3, 0.4) is 0 Å². The predicted octanol–water partition coefficient (Wildman–Crippen LogP) is 1.08. The van der Waals surface area contributed by atoms with E-state index < -0.39 is 4.92 Å². The van der Waals surface area contributed by atoms with Gasteiger partial charge in [0.1, 0.15) is 5.69 Å². The van der Waals surface area contributed by atoms with Crippen LogP contribution in [-0.2, 0) is 13.6 Å². The van der Waals surface area contributed by atoms with E-state index in [-0.39, 0.29) is 11.5 Å². The first-order chi connectivity index (χ1) is 9.52. The Kier molecular flexibility index (Phi) is 3.78. The quantitative estimate of drug-likeness (QED) is 0.621. The Hall–Kier alpha value is -2.71. The summed E-state index contributed by atoms with van der Waals surface area (Å²) in [5.41, 5.74) is 1.08. The molecule has 2 N–H and O–H groups in total. The smallest absolute Gasteiger partial charge is 0.332 e. The molecule has 0 atom stereocenters. The van der Waals surface area contributed by atoms with Gasteiger partial charge in [-0.3, -0.25) is 14.8 Å². The molecule has 20 heavy (non-hydrogen) atoms. The molecule has 106 valence electrons. The van der Waals surface area contributed by atoms with Gasteiger partial charge in [-0.2, -0.15) is 10.1 Å². The van der Waals surface area contributed by atoms with Crippen LogP contribution in [0.5, 0.6) is 0 Å². The molecule has 0 amide bonds. The van der Waals surface area contributed by atoms with E-state index in [1.165, 1.54) is 0 Å². The van der Waals surface area contributed by atoms with Crippen LogP contribution in [-0.4, -0.2) is 31.7 Å². The maximum Gasteiger partial charge on any atom is 0.332 e. The Morgan fingerprint density at radius 2 is 2.20 bits per heavy atom. The third-order valence-electron chi connectivity index (χ3n) is 2.82. The first-order valence-electron chi connectivity index (χ1n) is 5.94. The Labute approximate surface area is 115 Å². The lowest BCUT2D eigenvalue weighted by Gasteiger charge is -2.09. The number of nitrogens with one attached hydrogen (secondary N) is 2. The lowest BCUT2D eigenvalue weighted by Crippen LogP contribution is -2.11. The summed E-state index contributed by atoms with van der Waals surface area (Å²) in [5.74, 6) is 0.522. The van der Waals surface area contributed by atoms with Crippen LogP contribution in [0.15, 0.2) is 12.3 Å². The molecule has 9 nitrogen and oxygen atoms in total. The van der Waals surface area contributed by atoms with Gasteiger partial charge in [0.15, 0.2) is 0 Å². The van der Waals surface area contributed by atoms with Gasteiger partial charge < -0.3 is 10.6 Å². The molecule has 0 aliphatic carbocycles. The SMILES string of the molecule is CNc1nc(C)c([N+](=O)[O-])c(NCc2ccnn2C)n1. The van der Waals surface area contributed by atoms with Gasteiger partial charge in [-0.25, -0.2) is 4.98 Å². The lowest BCUT2D eigenvalue weighted by molar-refractivity contribution is -0.385. The number of aromatic nitrogens is 4. The summed E-state index contributed by atoms with van der Waals surface area (Å²) >= 11 is 0. The molecule has 0 saturated carbocycles. The van der Waals surface area contributed by atoms with Crippen molar-refractivity contribution in [2.45, 2.75) is 13.5 Å². The fraction of sp³-hybridized carbons (Fsp3) is 0.364. The molecule has 0 aromatic carbocycles. The van der Waals surface area contributed by atoms with Crippen molar-refractivity contribution < 1.29 is 4.92 Å². The van der Waals surface area contributed by atoms with Crippen LogP contribution in [0.2, 0.25) is 0 Å². The monoisotopic (exact) mass is 277 g/mol. The Morgan fingerprint density at radius 1 is 1.45 bits per heavy atom. The fourth-order valence-corrected chi connectivity index (χ4v) is 1.77. The van der Waals surface area contributed by atoms with Gasteiger partial charge in [0, 0.05) is 20.3 Å². The normalized spacial score (nSPS) is 10.3. The minimum Gasteiger partial charge on any atom is -0.359 e. The van der Waals surface area contributed by atoms with Crippen molar-refractivity contribution in [2.24, 2.45) is 7.05 Å². The Morgan fingerprint density at radius 3 is 2.75 bits per heavy atom. The molecular weight excluding hydrogens is 262 g/mol. The van der Waals surface area contributed by atoms with E-state index >= 15 is 0 Å². The second kappa shape index (κ2) is 5.51. The van der Waals surface area contributed by atoms with Crippen LogP contribution < -0.4 is 10.6 Å². The van der Waals surface area contributed by atoms with Crippen LogP contribution in [0.4, 0.5) is 17.5 Å². The first-order valence-corrected chi connectivity index (χ1v) is 5.94. The van der Waals surface area contributed by atoms with Crippen LogP contribution in [0.1, 0.15) is 11.4 Å². The van der Waals surface area contributed by atoms with Gasteiger partial charge >= 0.3 is 5.69 Å². The van der Waals surface area contributed by atoms with Gasteiger partial charge in [-0.1, -0.05) is 0 Å². The molecule has 0 radical (unpaired) electrons. The third kappa shape index (κ3) is 2.66. The van der Waals surface area contributed by atoms with Gasteiger partial charge in [0.25, 0.3) is 0 Å². The topological polar surface area (TPSA) is 111 Å². The number of rotatable bonds is 5. The van der Waals surface area contributed by atoms with Crippen molar-refractivity contribution in [2.75, 3.05) is 17.7 Å². The van der Waals surface area contributed by atoms with Gasteiger partial charge in [0.2, 0.25) is 11.8 Å². The second-order valence-corrected chi connectivity index (χ2v) is 4.14. The van der Waals surface area contributed by atoms with Gasteiger partial charge in [0.05, 0.1) is 17.2 Å². The summed E-state index contributed by atoms with van der Waals surface area (Å²) in [6.45, 7) is 1.97. The van der Waals surface area contributed by atoms with Crippen molar-refractivity contribution in [3.05, 3.63) is 33.8 Å². The number of nitro groups is 1. The van der Waals surface area contributed by atoms with Crippen molar-refractivity contribution in [3.63, 3.8) is 0 Å². The first kappa shape index (κ1) is 13.7. The zero-order valence-corrected chi connectivity index (χ0v) is 11.4. The zero-order chi connectivity index (χ0) is 14.7. The minimum atomic E-state index is -0.486. The van der Waals surface area contributed by atoms with E-state index in [1.807, 2.05) is 6.07 Å². The molecular formula is C11H15N7O2. The molecule has 0 spiro atoms. The van der Waals surface area contributed by atoms with E-state index in [4.69, 9.17) is 0 Å². The van der Waals surface area contributed by atoms with Crippen molar-refractivity contribution in [1.82, 2.24) is 19.7 Å². The maximum atomic E-state index is 11.1. The van der Waals surface area contributed by atoms with Crippen molar-refractivity contribution in [3.8, 4) is 0 Å². The van der Waals surface area contributed by atoms with Crippen molar-refractivity contribution >= 4 is 17.5 Å². The highest BCUT2D eigenvalue weighted by atomic mass is 16.6. The summed E-state index contributed by atoms with van der Waals surface area (Å²) in [4.78, 5) is 18.7. The maximum absolute atomic E-state index is 11.1. The van der Waals surface area contributed by atoms with E-state index in [0.717, 1.165) is 5.69 Å². The van der Waals surface area contributed by atoms with E-state index in [2.05, 4.69) is 25.7 Å². The minimum absolute atomic E-state index is 0.119. The summed E-state index contributed by atoms with van der Waals surface area (Å²) in [5, 5.41) is 20.9. The second-order valence-electron chi connectivity index (χ2n) is 4.14. The molecule has 0 aliphatic rings. The zero-order valence-electron chi connectivity index (χ0n) is 11.4. The average molecular weight is 277 g/mol. The highest BCUT2D eigenvalue weighted by Crippen LogP contribution is 2.26. The summed E-state index contributed by atoms with van der Waals surface area (Å²) in [6.07, 6.45) is 1.66. The van der Waals surface area contributed by atoms with Crippen LogP contribution in [0, 0.1) is 17.0 Å². The molecule has 2 aromatic rings. The molecule has 9 heteroatoms. The number of hydrogen-bond acceptors (Lipinski definition) is 7. The number of aryl methyl sites for hydroxylation is 2.